The molecule has 0 fully saturated rings. The highest BCUT2D eigenvalue weighted by Gasteiger charge is 2.15. The highest BCUT2D eigenvalue weighted by molar-refractivity contribution is 9.10. The molecule has 0 spiro atoms. The standard InChI is InChI=1S/C15H12BrFO3/c1-19-15(18)11-7-12(16)14(13(17)8-11)20-9-10-5-3-2-4-6-10/h2-8H,9H2,1H3. The maximum absolute atomic E-state index is 13.9. The van der Waals surface area contributed by atoms with Crippen LogP contribution in [0.4, 0.5) is 4.39 Å². The Morgan fingerprint density at radius 3 is 2.55 bits per heavy atom. The number of methoxy groups -OCH3 is 1. The van der Waals surface area contributed by atoms with E-state index in [0.29, 0.717) is 4.47 Å². The Morgan fingerprint density at radius 1 is 1.25 bits per heavy atom. The van der Waals surface area contributed by atoms with Crippen molar-refractivity contribution < 1.29 is 18.7 Å². The minimum absolute atomic E-state index is 0.0708. The van der Waals surface area contributed by atoms with Gasteiger partial charge in [0.25, 0.3) is 0 Å². The second-order valence-electron chi connectivity index (χ2n) is 4.03. The lowest BCUT2D eigenvalue weighted by Crippen LogP contribution is -2.04. The van der Waals surface area contributed by atoms with Crippen molar-refractivity contribution in [1.82, 2.24) is 0 Å². The van der Waals surface area contributed by atoms with Crippen LogP contribution in [0.15, 0.2) is 46.9 Å². The van der Waals surface area contributed by atoms with E-state index >= 15 is 0 Å². The maximum atomic E-state index is 13.9. The number of hydrogen-bond donors (Lipinski definition) is 0. The van der Waals surface area contributed by atoms with E-state index in [1.165, 1.54) is 13.2 Å². The second kappa shape index (κ2) is 6.52. The molecule has 0 aromatic heterocycles. The molecule has 0 saturated heterocycles. The summed E-state index contributed by atoms with van der Waals surface area (Å²) in [5, 5.41) is 0. The van der Waals surface area contributed by atoms with E-state index in [0.717, 1.165) is 11.6 Å². The first-order valence-electron chi connectivity index (χ1n) is 5.86. The average molecular weight is 339 g/mol. The third kappa shape index (κ3) is 3.36. The third-order valence-corrected chi connectivity index (χ3v) is 3.23. The zero-order valence-corrected chi connectivity index (χ0v) is 12.3. The van der Waals surface area contributed by atoms with E-state index in [1.54, 1.807) is 0 Å². The number of rotatable bonds is 4. The third-order valence-electron chi connectivity index (χ3n) is 2.65. The van der Waals surface area contributed by atoms with Crippen molar-refractivity contribution in [3.63, 3.8) is 0 Å². The topological polar surface area (TPSA) is 35.5 Å². The molecule has 2 aromatic rings. The summed E-state index contributed by atoms with van der Waals surface area (Å²) in [6.45, 7) is 0.244. The number of halogens is 2. The summed E-state index contributed by atoms with van der Waals surface area (Å²) in [4.78, 5) is 11.4. The zero-order chi connectivity index (χ0) is 14.5. The fourth-order valence-corrected chi connectivity index (χ4v) is 2.21. The summed E-state index contributed by atoms with van der Waals surface area (Å²) in [6, 6.07) is 12.0. The Bertz CT molecular complexity index is 591. The van der Waals surface area contributed by atoms with Crippen molar-refractivity contribution in [3.05, 3.63) is 63.9 Å². The molecule has 3 nitrogen and oxygen atoms in total. The number of benzene rings is 2. The normalized spacial score (nSPS) is 10.2. The van der Waals surface area contributed by atoms with Crippen LogP contribution in [0.25, 0.3) is 0 Å². The summed E-state index contributed by atoms with van der Waals surface area (Å²) in [5.74, 6) is -1.14. The monoisotopic (exact) mass is 338 g/mol. The summed E-state index contributed by atoms with van der Waals surface area (Å²) >= 11 is 3.20. The molecule has 0 bridgehead atoms. The van der Waals surface area contributed by atoms with Crippen LogP contribution < -0.4 is 4.74 Å². The lowest BCUT2D eigenvalue weighted by Gasteiger charge is -2.10. The smallest absolute Gasteiger partial charge is 0.337 e. The molecule has 0 aliphatic carbocycles. The Hall–Kier alpha value is -1.88. The van der Waals surface area contributed by atoms with Gasteiger partial charge in [0.1, 0.15) is 6.61 Å². The second-order valence-corrected chi connectivity index (χ2v) is 4.89. The molecule has 5 heteroatoms. The number of carbonyl (C=O) groups is 1. The number of ether oxygens (including phenoxy) is 2. The van der Waals surface area contributed by atoms with Crippen molar-refractivity contribution >= 4 is 21.9 Å². The van der Waals surface area contributed by atoms with E-state index in [-0.39, 0.29) is 17.9 Å². The molecular weight excluding hydrogens is 327 g/mol. The molecular formula is C15H12BrFO3. The number of carbonyl (C=O) groups excluding carboxylic acids is 1. The first-order valence-corrected chi connectivity index (χ1v) is 6.65. The fraction of sp³-hybridized carbons (Fsp3) is 0.133. The first-order chi connectivity index (χ1) is 9.61. The van der Waals surface area contributed by atoms with Gasteiger partial charge in [-0.05, 0) is 33.6 Å². The average Bonchev–Trinajstić information content (AvgIpc) is 2.46. The van der Waals surface area contributed by atoms with Crippen molar-refractivity contribution in [2.45, 2.75) is 6.61 Å². The molecule has 20 heavy (non-hydrogen) atoms. The van der Waals surface area contributed by atoms with Crippen molar-refractivity contribution in [3.8, 4) is 5.75 Å². The Kier molecular flexibility index (Phi) is 4.74. The number of hydrogen-bond acceptors (Lipinski definition) is 3. The van der Waals surface area contributed by atoms with E-state index in [1.807, 2.05) is 30.3 Å². The van der Waals surface area contributed by atoms with E-state index < -0.39 is 11.8 Å². The molecule has 0 saturated carbocycles. The van der Waals surface area contributed by atoms with Gasteiger partial charge < -0.3 is 9.47 Å². The summed E-state index contributed by atoms with van der Waals surface area (Å²) in [5.41, 5.74) is 1.06. The summed E-state index contributed by atoms with van der Waals surface area (Å²) in [7, 11) is 1.24. The van der Waals surface area contributed by atoms with Crippen LogP contribution in [0.3, 0.4) is 0 Å². The van der Waals surface area contributed by atoms with E-state index in [9.17, 15) is 9.18 Å². The maximum Gasteiger partial charge on any atom is 0.337 e. The Labute approximate surface area is 124 Å². The SMILES string of the molecule is COC(=O)c1cc(F)c(OCc2ccccc2)c(Br)c1. The van der Waals surface area contributed by atoms with Crippen LogP contribution in [-0.2, 0) is 11.3 Å². The molecule has 2 rings (SSSR count). The Morgan fingerprint density at radius 2 is 1.95 bits per heavy atom. The van der Waals surface area contributed by atoms with Gasteiger partial charge in [-0.1, -0.05) is 30.3 Å². The minimum Gasteiger partial charge on any atom is -0.485 e. The van der Waals surface area contributed by atoms with Crippen LogP contribution in [0.2, 0.25) is 0 Å². The van der Waals surface area contributed by atoms with Gasteiger partial charge in [0.2, 0.25) is 0 Å². The molecule has 0 radical (unpaired) electrons. The predicted molar refractivity (Wildman–Crippen MR) is 76.2 cm³/mol. The molecule has 104 valence electrons. The summed E-state index contributed by atoms with van der Waals surface area (Å²) < 4.78 is 24.3. The lowest BCUT2D eigenvalue weighted by molar-refractivity contribution is 0.0600. The molecule has 0 aliphatic heterocycles. The van der Waals surface area contributed by atoms with Crippen LogP contribution in [0.1, 0.15) is 15.9 Å². The van der Waals surface area contributed by atoms with Crippen LogP contribution in [0, 0.1) is 5.82 Å². The van der Waals surface area contributed by atoms with Crippen molar-refractivity contribution in [1.29, 1.82) is 0 Å². The van der Waals surface area contributed by atoms with Gasteiger partial charge >= 0.3 is 5.97 Å². The molecule has 0 amide bonds. The van der Waals surface area contributed by atoms with E-state index in [2.05, 4.69) is 20.7 Å². The molecule has 0 aliphatic rings. The first kappa shape index (κ1) is 14.5. The van der Waals surface area contributed by atoms with Gasteiger partial charge in [0.05, 0.1) is 17.1 Å². The fourth-order valence-electron chi connectivity index (χ4n) is 1.66. The number of esters is 1. The molecule has 0 unspecified atom stereocenters. The summed E-state index contributed by atoms with van der Waals surface area (Å²) in [6.07, 6.45) is 0. The Balaban J connectivity index is 2.18. The van der Waals surface area contributed by atoms with Gasteiger partial charge in [0.15, 0.2) is 11.6 Å². The quantitative estimate of drug-likeness (QED) is 0.791. The van der Waals surface area contributed by atoms with Crippen molar-refractivity contribution in [2.75, 3.05) is 7.11 Å². The molecule has 2 aromatic carbocycles. The van der Waals surface area contributed by atoms with Crippen LogP contribution >= 0.6 is 15.9 Å². The molecule has 0 atom stereocenters. The van der Waals surface area contributed by atoms with Crippen LogP contribution in [-0.4, -0.2) is 13.1 Å². The lowest BCUT2D eigenvalue weighted by atomic mass is 10.2. The van der Waals surface area contributed by atoms with Gasteiger partial charge in [-0.2, -0.15) is 0 Å². The highest BCUT2D eigenvalue weighted by atomic mass is 79.9. The highest BCUT2D eigenvalue weighted by Crippen LogP contribution is 2.30. The largest absolute Gasteiger partial charge is 0.485 e. The van der Waals surface area contributed by atoms with Gasteiger partial charge in [-0.25, -0.2) is 9.18 Å². The predicted octanol–water partition coefficient (Wildman–Crippen LogP) is 3.95. The van der Waals surface area contributed by atoms with Gasteiger partial charge in [0, 0.05) is 0 Å². The minimum atomic E-state index is -0.615. The van der Waals surface area contributed by atoms with Crippen molar-refractivity contribution in [2.24, 2.45) is 0 Å². The van der Waals surface area contributed by atoms with Crippen LogP contribution in [0.5, 0.6) is 5.75 Å². The molecule has 0 heterocycles. The zero-order valence-electron chi connectivity index (χ0n) is 10.7. The van der Waals surface area contributed by atoms with Gasteiger partial charge in [-0.15, -0.1) is 0 Å². The van der Waals surface area contributed by atoms with Gasteiger partial charge in [-0.3, -0.25) is 0 Å². The van der Waals surface area contributed by atoms with E-state index in [4.69, 9.17) is 4.74 Å². The molecule has 0 N–H and O–H groups in total.